The largest absolute Gasteiger partial charge is 0.463 e. The van der Waals surface area contributed by atoms with Gasteiger partial charge < -0.3 is 38.4 Å². The molecule has 1 fully saturated rings. The van der Waals surface area contributed by atoms with Gasteiger partial charge in [-0.3, -0.25) is 32.8 Å². The average Bonchev–Trinajstić information content (AvgIpc) is 2.62. The van der Waals surface area contributed by atoms with Crippen molar-refractivity contribution >= 4 is 39.1 Å². The molecule has 19 heteroatoms. The smallest absolute Gasteiger partial charge is 0.443 e. The highest BCUT2D eigenvalue weighted by atomic mass is 31.2. The third-order valence-electron chi connectivity index (χ3n) is 3.89. The molecule has 0 spiro atoms. The first-order valence-electron chi connectivity index (χ1n) is 9.05. The maximum absolute atomic E-state index is 14.0. The van der Waals surface area contributed by atoms with Gasteiger partial charge in [0.25, 0.3) is 0 Å². The van der Waals surface area contributed by atoms with E-state index in [1.807, 2.05) is 0 Å². The van der Waals surface area contributed by atoms with Crippen LogP contribution < -0.4 is 0 Å². The van der Waals surface area contributed by atoms with Crippen LogP contribution >= 0.6 is 15.2 Å². The molecule has 0 aromatic carbocycles. The summed E-state index contributed by atoms with van der Waals surface area (Å²) in [6.07, 6.45) is -10.1. The van der Waals surface area contributed by atoms with Crippen LogP contribution in [0.5, 0.6) is 0 Å². The van der Waals surface area contributed by atoms with Gasteiger partial charge in [0.2, 0.25) is 6.29 Å². The first kappa shape index (κ1) is 30.0. The fourth-order valence-electron chi connectivity index (χ4n) is 2.64. The van der Waals surface area contributed by atoms with Crippen LogP contribution in [-0.2, 0) is 56.5 Å². The van der Waals surface area contributed by atoms with Gasteiger partial charge >= 0.3 is 44.5 Å². The highest BCUT2D eigenvalue weighted by Gasteiger charge is 2.67. The minimum Gasteiger partial charge on any atom is -0.463 e. The summed E-state index contributed by atoms with van der Waals surface area (Å²) in [5.41, 5.74) is 0. The van der Waals surface area contributed by atoms with Crippen molar-refractivity contribution in [2.75, 3.05) is 6.61 Å². The maximum Gasteiger partial charge on any atom is 0.443 e. The van der Waals surface area contributed by atoms with E-state index in [0.717, 1.165) is 27.7 Å². The van der Waals surface area contributed by atoms with E-state index in [0.29, 0.717) is 0 Å². The quantitative estimate of drug-likeness (QED) is 0.198. The molecule has 0 saturated carbocycles. The number of rotatable bonds is 9. The summed E-state index contributed by atoms with van der Waals surface area (Å²) in [5, 5.41) is -5.64. The predicted molar refractivity (Wildman–Crippen MR) is 99.9 cm³/mol. The van der Waals surface area contributed by atoms with Gasteiger partial charge in [-0.1, -0.05) is 0 Å². The van der Waals surface area contributed by atoms with E-state index >= 15 is 0 Å². The number of hydrogen-bond acceptors (Lipinski definition) is 12. The molecule has 0 amide bonds. The Kier molecular flexibility index (Phi) is 9.86. The molecule has 3 N–H and O–H groups in total. The van der Waals surface area contributed by atoms with Crippen LogP contribution in [0.4, 0.5) is 8.78 Å². The molecule has 15 nitrogen and oxygen atoms in total. The van der Waals surface area contributed by atoms with Gasteiger partial charge in [-0.25, -0.2) is 0 Å². The third-order valence-corrected chi connectivity index (χ3v) is 7.30. The monoisotopic (exact) mass is 542 g/mol. The van der Waals surface area contributed by atoms with Crippen LogP contribution in [0.3, 0.4) is 0 Å². The van der Waals surface area contributed by atoms with E-state index in [1.165, 1.54) is 0 Å². The Morgan fingerprint density at radius 3 is 1.68 bits per heavy atom. The van der Waals surface area contributed by atoms with Gasteiger partial charge in [-0.2, -0.15) is 8.78 Å². The van der Waals surface area contributed by atoms with Crippen molar-refractivity contribution < 1.29 is 80.0 Å². The van der Waals surface area contributed by atoms with E-state index in [2.05, 4.69) is 4.52 Å². The second-order valence-electron chi connectivity index (χ2n) is 6.75. The van der Waals surface area contributed by atoms with E-state index in [4.69, 9.17) is 33.5 Å². The lowest BCUT2D eigenvalue weighted by Crippen LogP contribution is -2.62. The zero-order valence-corrected chi connectivity index (χ0v) is 19.8. The second kappa shape index (κ2) is 11.2. The lowest BCUT2D eigenvalue weighted by molar-refractivity contribution is -0.290. The minimum absolute atomic E-state index is 0.788. The Morgan fingerprint density at radius 1 is 0.824 bits per heavy atom. The Morgan fingerprint density at radius 2 is 1.26 bits per heavy atom. The molecule has 0 radical (unpaired) electrons. The van der Waals surface area contributed by atoms with E-state index in [9.17, 15) is 42.0 Å². The Bertz CT molecular complexity index is 902. The number of halogens is 2. The number of hydrogen-bond donors (Lipinski definition) is 3. The van der Waals surface area contributed by atoms with Crippen LogP contribution in [0, 0.1) is 0 Å². The van der Waals surface area contributed by atoms with E-state index < -0.39 is 81.8 Å². The zero-order chi connectivity index (χ0) is 26.6. The molecule has 1 saturated heterocycles. The van der Waals surface area contributed by atoms with Crippen LogP contribution in [-0.4, -0.2) is 81.3 Å². The van der Waals surface area contributed by atoms with E-state index in [1.54, 1.807) is 0 Å². The lowest BCUT2D eigenvalue weighted by atomic mass is 9.98. The number of carbonyl (C=O) groups is 4. The molecule has 2 unspecified atom stereocenters. The second-order valence-corrected chi connectivity index (χ2v) is 10.6. The number of carbonyl (C=O) groups excluding carboxylic acids is 4. The highest BCUT2D eigenvalue weighted by Crippen LogP contribution is 2.73. The van der Waals surface area contributed by atoms with Crippen LogP contribution in [0.2, 0.25) is 0 Å². The number of esters is 4. The summed E-state index contributed by atoms with van der Waals surface area (Å²) in [7, 11) is -13.2. The Hall–Kier alpha value is -2.00. The summed E-state index contributed by atoms with van der Waals surface area (Å²) in [6.45, 7) is 2.67. The van der Waals surface area contributed by atoms with Crippen LogP contribution in [0.25, 0.3) is 0 Å². The standard InChI is InChI=1S/C15H22F2O15P2/c1-6(18)27-5-10-11(28-7(2)19)12(29-8(3)20)13(30-9(4)21)14(31-10)32-34(25,26)15(16,17)33(22,23)24/h10-14H,5H2,1-4H3,(H,25,26)(H2,22,23,24)/t10-,11-,12+,13+,14?/m1/s1. The van der Waals surface area contributed by atoms with Crippen LogP contribution in [0.15, 0.2) is 0 Å². The number of ether oxygens (including phenoxy) is 5. The van der Waals surface area contributed by atoms with Crippen molar-refractivity contribution in [1.29, 1.82) is 0 Å². The van der Waals surface area contributed by atoms with Gasteiger partial charge in [-0.15, -0.1) is 0 Å². The topological polar surface area (TPSA) is 218 Å². The summed E-state index contributed by atoms with van der Waals surface area (Å²) >= 11 is 0. The fourth-order valence-corrected chi connectivity index (χ4v) is 4.68. The molecule has 0 aromatic rings. The lowest BCUT2D eigenvalue weighted by Gasteiger charge is -2.44. The highest BCUT2D eigenvalue weighted by molar-refractivity contribution is 7.72. The molecular weight excluding hydrogens is 520 g/mol. The SMILES string of the molecule is CC(=O)OC[C@H]1OC(OP(=O)(O)C(F)(F)P(=O)(O)O)[C@@H](OC(C)=O)[C@@H](OC(C)=O)[C@@H]1OC(C)=O. The Labute approximate surface area is 190 Å². The van der Waals surface area contributed by atoms with Crippen molar-refractivity contribution in [1.82, 2.24) is 0 Å². The molecule has 0 bridgehead atoms. The third kappa shape index (κ3) is 7.50. The first-order valence-corrected chi connectivity index (χ1v) is 12.2. The van der Waals surface area contributed by atoms with Gasteiger partial charge in [0, 0.05) is 27.7 Å². The molecule has 1 heterocycles. The fraction of sp³-hybridized carbons (Fsp3) is 0.733. The minimum atomic E-state index is -6.61. The molecule has 34 heavy (non-hydrogen) atoms. The summed E-state index contributed by atoms with van der Waals surface area (Å²) in [4.78, 5) is 73.2. The zero-order valence-electron chi connectivity index (χ0n) is 18.0. The molecule has 0 aromatic heterocycles. The van der Waals surface area contributed by atoms with Crippen molar-refractivity contribution in [3.05, 3.63) is 0 Å². The molecule has 196 valence electrons. The predicted octanol–water partition coefficient (Wildman–Crippen LogP) is -0.000500. The maximum atomic E-state index is 14.0. The van der Waals surface area contributed by atoms with Crippen molar-refractivity contribution in [2.45, 2.75) is 63.8 Å². The molecule has 6 atom stereocenters. The van der Waals surface area contributed by atoms with Gasteiger partial charge in [0.15, 0.2) is 18.3 Å². The summed E-state index contributed by atoms with van der Waals surface area (Å²) < 4.78 is 80.0. The normalized spacial score (nSPS) is 27.1. The van der Waals surface area contributed by atoms with Gasteiger partial charge in [0.05, 0.1) is 0 Å². The molecule has 0 aliphatic carbocycles. The van der Waals surface area contributed by atoms with Crippen LogP contribution in [0.1, 0.15) is 27.7 Å². The Balaban J connectivity index is 3.56. The number of alkyl halides is 2. The van der Waals surface area contributed by atoms with E-state index in [-0.39, 0.29) is 0 Å². The first-order chi connectivity index (χ1) is 15.3. The average molecular weight is 542 g/mol. The van der Waals surface area contributed by atoms with Crippen molar-refractivity contribution in [3.63, 3.8) is 0 Å². The summed E-state index contributed by atoms with van der Waals surface area (Å²) in [5.74, 6) is -4.21. The van der Waals surface area contributed by atoms with Crippen molar-refractivity contribution in [2.24, 2.45) is 0 Å². The van der Waals surface area contributed by atoms with Gasteiger partial charge in [0.1, 0.15) is 12.7 Å². The van der Waals surface area contributed by atoms with Crippen molar-refractivity contribution in [3.8, 4) is 0 Å². The molecule has 1 aliphatic heterocycles. The molecular formula is C15H22F2O15P2. The van der Waals surface area contributed by atoms with Gasteiger partial charge in [-0.05, 0) is 0 Å². The molecule has 1 rings (SSSR count). The summed E-state index contributed by atoms with van der Waals surface area (Å²) in [6, 6.07) is 0. The molecule has 1 aliphatic rings.